The monoisotopic (exact) mass is 544 g/mol. The molecule has 0 heterocycles. The van der Waals surface area contributed by atoms with E-state index in [9.17, 15) is 19.2 Å². The van der Waals surface area contributed by atoms with Crippen molar-refractivity contribution in [3.8, 4) is 11.1 Å². The Morgan fingerprint density at radius 3 is 2.23 bits per heavy atom. The summed E-state index contributed by atoms with van der Waals surface area (Å²) in [4.78, 5) is 54.6. The molecule has 0 unspecified atom stereocenters. The molecule has 3 rings (SSSR count). The highest BCUT2D eigenvalue weighted by molar-refractivity contribution is 5.96. The predicted molar refractivity (Wildman–Crippen MR) is 153 cm³/mol. The fourth-order valence-corrected chi connectivity index (χ4v) is 4.17. The number of benzene rings is 3. The third kappa shape index (κ3) is 9.36. The van der Waals surface area contributed by atoms with Crippen LogP contribution < -0.4 is 16.4 Å². The maximum atomic E-state index is 13.0. The van der Waals surface area contributed by atoms with Gasteiger partial charge in [-0.15, -0.1) is 0 Å². The van der Waals surface area contributed by atoms with Crippen molar-refractivity contribution in [1.82, 2.24) is 15.7 Å². The van der Waals surface area contributed by atoms with Crippen LogP contribution in [0.1, 0.15) is 58.9 Å². The largest absolute Gasteiger partial charge is 0.366 e. The molecule has 3 aromatic carbocycles. The van der Waals surface area contributed by atoms with E-state index in [0.717, 1.165) is 41.0 Å². The van der Waals surface area contributed by atoms with Crippen LogP contribution in [0.15, 0.2) is 78.9 Å². The molecule has 3 aromatic rings. The zero-order chi connectivity index (χ0) is 28.7. The number of carbonyl (C=O) groups excluding carboxylic acids is 4. The fraction of sp³-hybridized carbons (Fsp3) is 0.290. The maximum absolute atomic E-state index is 13.0. The van der Waals surface area contributed by atoms with E-state index in [4.69, 9.17) is 10.6 Å². The van der Waals surface area contributed by atoms with Gasteiger partial charge in [0.2, 0.25) is 18.2 Å². The minimum absolute atomic E-state index is 0.0741. The highest BCUT2D eigenvalue weighted by Crippen LogP contribution is 2.22. The summed E-state index contributed by atoms with van der Waals surface area (Å²) in [5.41, 5.74) is 8.57. The lowest BCUT2D eigenvalue weighted by Gasteiger charge is -2.23. The average Bonchev–Trinajstić information content (AvgIpc) is 2.99. The minimum Gasteiger partial charge on any atom is -0.366 e. The Hall–Kier alpha value is -4.50. The zero-order valence-electron chi connectivity index (χ0n) is 22.7. The number of nitrogens with one attached hydrogen (secondary N) is 2. The maximum Gasteiger partial charge on any atom is 0.252 e. The van der Waals surface area contributed by atoms with Gasteiger partial charge in [-0.2, -0.15) is 0 Å². The van der Waals surface area contributed by atoms with Crippen LogP contribution in [0.4, 0.5) is 0 Å². The SMILES string of the molecule is CCCCC[C@H](CN(C=O)OCc1ccccc1)C(=O)NCNC(=O)c1cccc(-c2cccc(C(N)=O)c2)c1. The molecule has 0 saturated carbocycles. The number of hydrogen-bond acceptors (Lipinski definition) is 5. The second-order valence-electron chi connectivity index (χ2n) is 9.41. The Balaban J connectivity index is 1.57. The highest BCUT2D eigenvalue weighted by Gasteiger charge is 2.22. The molecule has 0 aliphatic rings. The number of hydrogen-bond donors (Lipinski definition) is 3. The van der Waals surface area contributed by atoms with Crippen molar-refractivity contribution in [2.24, 2.45) is 11.7 Å². The summed E-state index contributed by atoms with van der Waals surface area (Å²) < 4.78 is 0. The van der Waals surface area contributed by atoms with Gasteiger partial charge in [-0.3, -0.25) is 24.0 Å². The number of amides is 4. The number of unbranched alkanes of at least 4 members (excludes halogenated alkanes) is 2. The van der Waals surface area contributed by atoms with Crippen LogP contribution in [-0.4, -0.2) is 42.4 Å². The van der Waals surface area contributed by atoms with Gasteiger partial charge in [-0.25, -0.2) is 5.06 Å². The Morgan fingerprint density at radius 2 is 1.57 bits per heavy atom. The summed E-state index contributed by atoms with van der Waals surface area (Å²) in [6.45, 7) is 2.32. The normalized spacial score (nSPS) is 11.3. The summed E-state index contributed by atoms with van der Waals surface area (Å²) in [5.74, 6) is -1.66. The van der Waals surface area contributed by atoms with Crippen molar-refractivity contribution < 1.29 is 24.0 Å². The molecule has 0 saturated heterocycles. The molecule has 0 aromatic heterocycles. The molecular weight excluding hydrogens is 508 g/mol. The van der Waals surface area contributed by atoms with Crippen molar-refractivity contribution in [1.29, 1.82) is 0 Å². The van der Waals surface area contributed by atoms with Crippen molar-refractivity contribution in [3.63, 3.8) is 0 Å². The van der Waals surface area contributed by atoms with Crippen LogP contribution in [-0.2, 0) is 21.0 Å². The molecule has 0 bridgehead atoms. The first-order valence-corrected chi connectivity index (χ1v) is 13.4. The van der Waals surface area contributed by atoms with Gasteiger partial charge in [0.15, 0.2) is 0 Å². The molecule has 9 heteroatoms. The number of carbonyl (C=O) groups is 4. The number of rotatable bonds is 16. The van der Waals surface area contributed by atoms with Gasteiger partial charge in [-0.05, 0) is 47.4 Å². The van der Waals surface area contributed by atoms with E-state index in [2.05, 4.69) is 17.6 Å². The van der Waals surface area contributed by atoms with Crippen LogP contribution >= 0.6 is 0 Å². The molecule has 0 aliphatic heterocycles. The Labute approximate surface area is 234 Å². The standard InChI is InChI=1S/C31H36N4O5/c1-2-3-5-12-28(19-35(22-36)40-20-23-10-6-4-7-11-23)31(39)34-21-33-30(38)27-16-9-14-25(18-27)24-13-8-15-26(17-24)29(32)37/h4,6-11,13-18,22,28H,2-3,5,12,19-21H2,1H3,(H2,32,37)(H,33,38)(H,34,39)/t28-/m1/s1. The molecule has 0 spiro atoms. The van der Waals surface area contributed by atoms with Gasteiger partial charge in [0.05, 0.1) is 19.1 Å². The molecular formula is C31H36N4O5. The summed E-state index contributed by atoms with van der Waals surface area (Å²) in [5, 5.41) is 6.63. The summed E-state index contributed by atoms with van der Waals surface area (Å²) in [6.07, 6.45) is 3.95. The molecule has 0 radical (unpaired) electrons. The molecule has 9 nitrogen and oxygen atoms in total. The smallest absolute Gasteiger partial charge is 0.252 e. The van der Waals surface area contributed by atoms with Gasteiger partial charge >= 0.3 is 0 Å². The number of nitrogens with zero attached hydrogens (tertiary/aromatic N) is 1. The van der Waals surface area contributed by atoms with Crippen LogP contribution in [0.2, 0.25) is 0 Å². The van der Waals surface area contributed by atoms with E-state index in [1.54, 1.807) is 36.4 Å². The van der Waals surface area contributed by atoms with E-state index < -0.39 is 11.8 Å². The lowest BCUT2D eigenvalue weighted by molar-refractivity contribution is -0.182. The fourth-order valence-electron chi connectivity index (χ4n) is 4.17. The van der Waals surface area contributed by atoms with E-state index in [0.29, 0.717) is 24.0 Å². The van der Waals surface area contributed by atoms with E-state index >= 15 is 0 Å². The van der Waals surface area contributed by atoms with E-state index in [-0.39, 0.29) is 31.6 Å². The molecule has 0 aliphatic carbocycles. The molecule has 0 fully saturated rings. The first kappa shape index (κ1) is 30.0. The number of primary amides is 1. The third-order valence-electron chi connectivity index (χ3n) is 6.40. The lowest BCUT2D eigenvalue weighted by atomic mass is 10.00. The third-order valence-corrected chi connectivity index (χ3v) is 6.40. The first-order chi connectivity index (χ1) is 19.4. The Morgan fingerprint density at radius 1 is 0.900 bits per heavy atom. The van der Waals surface area contributed by atoms with Gasteiger partial charge in [-0.1, -0.05) is 80.8 Å². The van der Waals surface area contributed by atoms with Gasteiger partial charge in [0, 0.05) is 11.1 Å². The Kier molecular flexibility index (Phi) is 11.9. The summed E-state index contributed by atoms with van der Waals surface area (Å²) in [7, 11) is 0. The summed E-state index contributed by atoms with van der Waals surface area (Å²) in [6, 6.07) is 23.3. The number of nitrogens with two attached hydrogens (primary N) is 1. The lowest BCUT2D eigenvalue weighted by Crippen LogP contribution is -2.43. The van der Waals surface area contributed by atoms with Crippen LogP contribution in [0.3, 0.4) is 0 Å². The zero-order valence-corrected chi connectivity index (χ0v) is 22.7. The van der Waals surface area contributed by atoms with Crippen molar-refractivity contribution >= 4 is 24.1 Å². The molecule has 40 heavy (non-hydrogen) atoms. The highest BCUT2D eigenvalue weighted by atomic mass is 16.7. The van der Waals surface area contributed by atoms with E-state index in [1.807, 2.05) is 42.5 Å². The van der Waals surface area contributed by atoms with Crippen LogP contribution in [0.25, 0.3) is 11.1 Å². The van der Waals surface area contributed by atoms with Crippen LogP contribution in [0, 0.1) is 5.92 Å². The quantitative estimate of drug-likeness (QED) is 0.108. The van der Waals surface area contributed by atoms with Gasteiger partial charge in [0.25, 0.3) is 5.91 Å². The Bertz CT molecular complexity index is 1280. The van der Waals surface area contributed by atoms with Gasteiger partial charge in [0.1, 0.15) is 6.61 Å². The first-order valence-electron chi connectivity index (χ1n) is 13.4. The topological polar surface area (TPSA) is 131 Å². The van der Waals surface area contributed by atoms with Crippen molar-refractivity contribution in [2.75, 3.05) is 13.2 Å². The minimum atomic E-state index is -0.529. The van der Waals surface area contributed by atoms with Crippen molar-refractivity contribution in [2.45, 2.75) is 39.2 Å². The van der Waals surface area contributed by atoms with Gasteiger partial charge < -0.3 is 16.4 Å². The average molecular weight is 545 g/mol. The summed E-state index contributed by atoms with van der Waals surface area (Å²) >= 11 is 0. The molecule has 210 valence electrons. The number of hydroxylamine groups is 2. The van der Waals surface area contributed by atoms with Crippen LogP contribution in [0.5, 0.6) is 0 Å². The second kappa shape index (κ2) is 15.8. The molecule has 4 amide bonds. The molecule has 4 N–H and O–H groups in total. The second-order valence-corrected chi connectivity index (χ2v) is 9.41. The predicted octanol–water partition coefficient (Wildman–Crippen LogP) is 4.04. The van der Waals surface area contributed by atoms with E-state index in [1.165, 1.54) is 0 Å². The molecule has 1 atom stereocenters. The van der Waals surface area contributed by atoms with Crippen molar-refractivity contribution in [3.05, 3.63) is 95.6 Å².